The highest BCUT2D eigenvalue weighted by atomic mass is 16.5. The van der Waals surface area contributed by atoms with E-state index >= 15 is 0 Å². The van der Waals surface area contributed by atoms with Crippen molar-refractivity contribution in [3.63, 3.8) is 0 Å². The van der Waals surface area contributed by atoms with E-state index in [1.54, 1.807) is 24.5 Å². The molecule has 0 bridgehead atoms. The Morgan fingerprint density at radius 2 is 2.16 bits per heavy atom. The topological polar surface area (TPSA) is 71.5 Å². The van der Waals surface area contributed by atoms with E-state index in [1.165, 1.54) is 6.42 Å². The van der Waals surface area contributed by atoms with Crippen molar-refractivity contribution in [1.82, 2.24) is 15.2 Å². The lowest BCUT2D eigenvalue weighted by molar-refractivity contribution is -0.192. The van der Waals surface area contributed by atoms with Gasteiger partial charge in [0, 0.05) is 24.9 Å². The molecule has 1 N–H and O–H groups in total. The van der Waals surface area contributed by atoms with E-state index < -0.39 is 0 Å². The van der Waals surface area contributed by atoms with Crippen molar-refractivity contribution in [2.45, 2.75) is 37.7 Å². The number of nitrogens with zero attached hydrogens (tertiary/aromatic N) is 2. The quantitative estimate of drug-likeness (QED) is 0.902. The summed E-state index contributed by atoms with van der Waals surface area (Å²) in [7, 11) is 0. The fourth-order valence-corrected chi connectivity index (χ4v) is 3.88. The van der Waals surface area contributed by atoms with Crippen molar-refractivity contribution in [2.24, 2.45) is 11.8 Å². The molecule has 6 nitrogen and oxygen atoms in total. The lowest BCUT2D eigenvalue weighted by Gasteiger charge is -2.54. The molecule has 4 rings (SSSR count). The molecule has 2 amide bonds. The van der Waals surface area contributed by atoms with Crippen LogP contribution in [-0.2, 0) is 9.53 Å². The number of carbonyl (C=O) groups excluding carboxylic acids is 2. The van der Waals surface area contributed by atoms with E-state index in [-0.39, 0.29) is 17.4 Å². The van der Waals surface area contributed by atoms with E-state index in [9.17, 15) is 9.59 Å². The standard InChI is InChI=1S/C19H25N3O3/c23-17(16-5-2-8-20-10-16)21-9-14-6-7-19(25-11-14)12-22(13-19)18(24)15-3-1-4-15/h2,5,8,10,14-15H,1,3-4,6-7,9,11-13H2,(H,21,23)/t14-/m1/s1. The first-order valence-electron chi connectivity index (χ1n) is 9.26. The van der Waals surface area contributed by atoms with Crippen LogP contribution in [0.2, 0.25) is 0 Å². The van der Waals surface area contributed by atoms with Gasteiger partial charge < -0.3 is 15.0 Å². The van der Waals surface area contributed by atoms with Gasteiger partial charge in [-0.2, -0.15) is 0 Å². The number of rotatable bonds is 4. The van der Waals surface area contributed by atoms with Gasteiger partial charge >= 0.3 is 0 Å². The van der Waals surface area contributed by atoms with Gasteiger partial charge in [0.2, 0.25) is 5.91 Å². The molecule has 0 aromatic carbocycles. The first-order valence-corrected chi connectivity index (χ1v) is 9.26. The summed E-state index contributed by atoms with van der Waals surface area (Å²) in [6.07, 6.45) is 8.53. The predicted molar refractivity (Wildman–Crippen MR) is 91.9 cm³/mol. The van der Waals surface area contributed by atoms with Gasteiger partial charge in [-0.25, -0.2) is 0 Å². The van der Waals surface area contributed by atoms with E-state index in [2.05, 4.69) is 10.3 Å². The maximum Gasteiger partial charge on any atom is 0.252 e. The van der Waals surface area contributed by atoms with Crippen molar-refractivity contribution in [2.75, 3.05) is 26.2 Å². The van der Waals surface area contributed by atoms with Gasteiger partial charge in [0.25, 0.3) is 5.91 Å². The van der Waals surface area contributed by atoms with Gasteiger partial charge in [-0.05, 0) is 43.7 Å². The second kappa shape index (κ2) is 6.75. The number of aromatic nitrogens is 1. The summed E-state index contributed by atoms with van der Waals surface area (Å²) < 4.78 is 6.11. The van der Waals surface area contributed by atoms with Crippen LogP contribution in [-0.4, -0.2) is 53.5 Å². The van der Waals surface area contributed by atoms with Gasteiger partial charge in [-0.1, -0.05) is 6.42 Å². The third kappa shape index (κ3) is 3.40. The van der Waals surface area contributed by atoms with E-state index in [0.29, 0.717) is 30.5 Å². The zero-order valence-corrected chi connectivity index (χ0v) is 14.4. The maximum absolute atomic E-state index is 12.2. The van der Waals surface area contributed by atoms with Crippen molar-refractivity contribution in [3.05, 3.63) is 30.1 Å². The molecule has 1 aromatic heterocycles. The number of nitrogens with one attached hydrogen (secondary N) is 1. The summed E-state index contributed by atoms with van der Waals surface area (Å²) >= 11 is 0. The Morgan fingerprint density at radius 3 is 2.76 bits per heavy atom. The number of likely N-dealkylation sites (tertiary alicyclic amines) is 1. The van der Waals surface area contributed by atoms with Gasteiger partial charge in [0.05, 0.1) is 25.3 Å². The predicted octanol–water partition coefficient (Wildman–Crippen LogP) is 1.62. The SMILES string of the molecule is O=C(NC[C@H]1CCC2(CN(C(=O)C3CCC3)C2)OC1)c1cccnc1. The van der Waals surface area contributed by atoms with Crippen LogP contribution < -0.4 is 5.32 Å². The van der Waals surface area contributed by atoms with Crippen LogP contribution in [0, 0.1) is 11.8 Å². The highest BCUT2D eigenvalue weighted by Crippen LogP contribution is 2.38. The molecule has 6 heteroatoms. The molecule has 134 valence electrons. The van der Waals surface area contributed by atoms with Crippen molar-refractivity contribution in [1.29, 1.82) is 0 Å². The Hall–Kier alpha value is -1.95. The third-order valence-electron chi connectivity index (χ3n) is 5.83. The van der Waals surface area contributed by atoms with E-state index in [1.807, 2.05) is 4.90 Å². The maximum atomic E-state index is 12.2. The second-order valence-electron chi connectivity index (χ2n) is 7.67. The molecule has 1 atom stereocenters. The van der Waals surface area contributed by atoms with Crippen molar-refractivity contribution < 1.29 is 14.3 Å². The number of pyridine rings is 1. The normalized spacial score (nSPS) is 25.1. The summed E-state index contributed by atoms with van der Waals surface area (Å²) in [6.45, 7) is 2.77. The first kappa shape index (κ1) is 16.5. The molecule has 1 aliphatic carbocycles. The molecule has 1 aromatic rings. The molecule has 3 fully saturated rings. The summed E-state index contributed by atoms with van der Waals surface area (Å²) in [6, 6.07) is 3.52. The van der Waals surface area contributed by atoms with Crippen LogP contribution >= 0.6 is 0 Å². The number of carbonyl (C=O) groups is 2. The van der Waals surface area contributed by atoms with Gasteiger partial charge in [0.1, 0.15) is 5.60 Å². The average Bonchev–Trinajstić information content (AvgIpc) is 2.57. The van der Waals surface area contributed by atoms with Crippen LogP contribution in [0.25, 0.3) is 0 Å². The van der Waals surface area contributed by atoms with Crippen LogP contribution in [0.5, 0.6) is 0 Å². The van der Waals surface area contributed by atoms with E-state index in [0.717, 1.165) is 38.8 Å². The fourth-order valence-electron chi connectivity index (χ4n) is 3.88. The lowest BCUT2D eigenvalue weighted by Crippen LogP contribution is -2.67. The van der Waals surface area contributed by atoms with Gasteiger partial charge in [0.15, 0.2) is 0 Å². The Bertz CT molecular complexity index is 629. The summed E-state index contributed by atoms with van der Waals surface area (Å²) in [4.78, 5) is 30.2. The molecule has 0 radical (unpaired) electrons. The first-order chi connectivity index (χ1) is 12.2. The number of hydrogen-bond donors (Lipinski definition) is 1. The summed E-state index contributed by atoms with van der Waals surface area (Å²) in [5.41, 5.74) is 0.461. The molecular weight excluding hydrogens is 318 g/mol. The van der Waals surface area contributed by atoms with Gasteiger partial charge in [-0.3, -0.25) is 14.6 Å². The van der Waals surface area contributed by atoms with Gasteiger partial charge in [-0.15, -0.1) is 0 Å². The van der Waals surface area contributed by atoms with Crippen LogP contribution in [0.1, 0.15) is 42.5 Å². The molecular formula is C19H25N3O3. The number of ether oxygens (including phenoxy) is 1. The molecule has 1 saturated carbocycles. The monoisotopic (exact) mass is 343 g/mol. The molecule has 2 aliphatic heterocycles. The Kier molecular flexibility index (Phi) is 4.46. The minimum Gasteiger partial charge on any atom is -0.371 e. The number of hydrogen-bond acceptors (Lipinski definition) is 4. The molecule has 3 heterocycles. The average molecular weight is 343 g/mol. The zero-order chi connectivity index (χ0) is 17.3. The fraction of sp³-hybridized carbons (Fsp3) is 0.632. The molecule has 3 aliphatic rings. The lowest BCUT2D eigenvalue weighted by atomic mass is 9.79. The number of amides is 2. The second-order valence-corrected chi connectivity index (χ2v) is 7.67. The van der Waals surface area contributed by atoms with Crippen molar-refractivity contribution >= 4 is 11.8 Å². The highest BCUT2D eigenvalue weighted by Gasteiger charge is 2.49. The third-order valence-corrected chi connectivity index (χ3v) is 5.83. The smallest absolute Gasteiger partial charge is 0.252 e. The van der Waals surface area contributed by atoms with Crippen LogP contribution in [0.15, 0.2) is 24.5 Å². The largest absolute Gasteiger partial charge is 0.371 e. The minimum absolute atomic E-state index is 0.0886. The highest BCUT2D eigenvalue weighted by molar-refractivity contribution is 5.93. The Morgan fingerprint density at radius 1 is 1.32 bits per heavy atom. The van der Waals surface area contributed by atoms with Crippen LogP contribution in [0.4, 0.5) is 0 Å². The minimum atomic E-state index is -0.122. The molecule has 2 saturated heterocycles. The van der Waals surface area contributed by atoms with Crippen molar-refractivity contribution in [3.8, 4) is 0 Å². The Balaban J connectivity index is 1.19. The molecule has 1 spiro atoms. The molecule has 0 unspecified atom stereocenters. The van der Waals surface area contributed by atoms with E-state index in [4.69, 9.17) is 4.74 Å². The summed E-state index contributed by atoms with van der Waals surface area (Å²) in [5.74, 6) is 0.847. The van der Waals surface area contributed by atoms with Crippen LogP contribution in [0.3, 0.4) is 0 Å². The molecule has 25 heavy (non-hydrogen) atoms. The zero-order valence-electron chi connectivity index (χ0n) is 14.4. The Labute approximate surface area is 147 Å². The summed E-state index contributed by atoms with van der Waals surface area (Å²) in [5, 5.41) is 2.97.